The Morgan fingerprint density at radius 3 is 2.68 bits per heavy atom. The Kier molecular flexibility index (Phi) is 2.84. The Labute approximate surface area is 130 Å². The SMILES string of the molecule is O=C(NC1CC1)c1nnc2n1C[C@@H]1CN(CC3CC3)C[C@@H]1C2. The molecule has 1 saturated heterocycles. The Morgan fingerprint density at radius 2 is 1.91 bits per heavy atom. The molecule has 6 nitrogen and oxygen atoms in total. The molecule has 0 aromatic carbocycles. The second-order valence-electron chi connectivity index (χ2n) is 7.68. The lowest BCUT2D eigenvalue weighted by atomic mass is 9.89. The molecular formula is C16H23N5O. The molecule has 0 spiro atoms. The number of likely N-dealkylation sites (tertiary alicyclic amines) is 1. The molecule has 2 aliphatic carbocycles. The lowest BCUT2D eigenvalue weighted by Gasteiger charge is -2.25. The van der Waals surface area contributed by atoms with Crippen LogP contribution in [0.25, 0.3) is 0 Å². The molecule has 118 valence electrons. The number of amides is 1. The van der Waals surface area contributed by atoms with Gasteiger partial charge >= 0.3 is 0 Å². The van der Waals surface area contributed by atoms with Gasteiger partial charge in [-0.25, -0.2) is 0 Å². The van der Waals surface area contributed by atoms with E-state index in [2.05, 4.69) is 25.0 Å². The summed E-state index contributed by atoms with van der Waals surface area (Å²) in [5.74, 6) is 3.83. The number of nitrogens with zero attached hydrogens (tertiary/aromatic N) is 4. The van der Waals surface area contributed by atoms with E-state index in [4.69, 9.17) is 0 Å². The second kappa shape index (κ2) is 4.78. The fourth-order valence-electron chi connectivity index (χ4n) is 4.08. The zero-order valence-corrected chi connectivity index (χ0v) is 12.9. The topological polar surface area (TPSA) is 63.1 Å². The maximum absolute atomic E-state index is 12.3. The number of aromatic nitrogens is 3. The Hall–Kier alpha value is -1.43. The molecule has 1 N–H and O–H groups in total. The monoisotopic (exact) mass is 301 g/mol. The Bertz CT molecular complexity index is 604. The van der Waals surface area contributed by atoms with E-state index >= 15 is 0 Å². The molecule has 5 rings (SSSR count). The predicted molar refractivity (Wildman–Crippen MR) is 80.4 cm³/mol. The zero-order chi connectivity index (χ0) is 14.7. The van der Waals surface area contributed by atoms with Crippen LogP contribution in [0.2, 0.25) is 0 Å². The van der Waals surface area contributed by atoms with Crippen molar-refractivity contribution in [2.24, 2.45) is 17.8 Å². The van der Waals surface area contributed by atoms with E-state index in [0.717, 1.165) is 37.5 Å². The number of fused-ring (bicyclic) bond motifs is 2. The minimum Gasteiger partial charge on any atom is -0.347 e. The van der Waals surface area contributed by atoms with Crippen molar-refractivity contribution in [3.8, 4) is 0 Å². The summed E-state index contributed by atoms with van der Waals surface area (Å²) >= 11 is 0. The van der Waals surface area contributed by atoms with E-state index in [9.17, 15) is 4.79 Å². The van der Waals surface area contributed by atoms with E-state index in [0.29, 0.717) is 23.7 Å². The standard InChI is InChI=1S/C16H23N5O/c22-16(17-13-3-4-13)15-19-18-14-5-11-7-20(6-10-1-2-10)8-12(11)9-21(14)15/h10-13H,1-9H2,(H,17,22)/t11-,12-/m0/s1. The summed E-state index contributed by atoms with van der Waals surface area (Å²) in [5, 5.41) is 11.5. The fourth-order valence-corrected chi connectivity index (χ4v) is 4.08. The quantitative estimate of drug-likeness (QED) is 0.888. The summed E-state index contributed by atoms with van der Waals surface area (Å²) in [6.45, 7) is 4.59. The molecule has 2 saturated carbocycles. The number of carbonyl (C=O) groups excluding carboxylic acids is 1. The molecule has 4 aliphatic rings. The van der Waals surface area contributed by atoms with Crippen LogP contribution in [-0.4, -0.2) is 51.2 Å². The Morgan fingerprint density at radius 1 is 1.09 bits per heavy atom. The van der Waals surface area contributed by atoms with Gasteiger partial charge < -0.3 is 14.8 Å². The average Bonchev–Trinajstić information content (AvgIpc) is 3.39. The van der Waals surface area contributed by atoms with Gasteiger partial charge in [-0.15, -0.1) is 10.2 Å². The van der Waals surface area contributed by atoms with Gasteiger partial charge in [0.1, 0.15) is 5.82 Å². The van der Waals surface area contributed by atoms with Crippen molar-refractivity contribution >= 4 is 5.91 Å². The van der Waals surface area contributed by atoms with Gasteiger partial charge in [0, 0.05) is 38.6 Å². The van der Waals surface area contributed by atoms with Crippen LogP contribution in [0.1, 0.15) is 42.1 Å². The van der Waals surface area contributed by atoms with Crippen molar-refractivity contribution in [1.29, 1.82) is 0 Å². The molecule has 1 amide bonds. The minimum absolute atomic E-state index is 0.0347. The second-order valence-corrected chi connectivity index (χ2v) is 7.68. The summed E-state index contributed by atoms with van der Waals surface area (Å²) in [4.78, 5) is 14.9. The third kappa shape index (κ3) is 2.33. The highest BCUT2D eigenvalue weighted by Gasteiger charge is 2.40. The number of nitrogens with one attached hydrogen (secondary N) is 1. The van der Waals surface area contributed by atoms with E-state index in [1.165, 1.54) is 32.5 Å². The van der Waals surface area contributed by atoms with E-state index in [1.807, 2.05) is 0 Å². The summed E-state index contributed by atoms with van der Waals surface area (Å²) in [6, 6.07) is 0.373. The van der Waals surface area contributed by atoms with Gasteiger partial charge in [-0.3, -0.25) is 4.79 Å². The van der Waals surface area contributed by atoms with Crippen LogP contribution in [0.4, 0.5) is 0 Å². The van der Waals surface area contributed by atoms with E-state index in [-0.39, 0.29) is 5.91 Å². The summed E-state index contributed by atoms with van der Waals surface area (Å²) in [6.07, 6.45) is 6.03. The highest BCUT2D eigenvalue weighted by molar-refractivity contribution is 5.91. The van der Waals surface area contributed by atoms with Gasteiger partial charge in [-0.2, -0.15) is 0 Å². The molecule has 22 heavy (non-hydrogen) atoms. The van der Waals surface area contributed by atoms with Crippen LogP contribution in [-0.2, 0) is 13.0 Å². The van der Waals surface area contributed by atoms with Crippen LogP contribution in [0, 0.1) is 17.8 Å². The number of hydrogen-bond donors (Lipinski definition) is 1. The summed E-state index contributed by atoms with van der Waals surface area (Å²) in [7, 11) is 0. The molecule has 2 aliphatic heterocycles. The summed E-state index contributed by atoms with van der Waals surface area (Å²) < 4.78 is 2.08. The van der Waals surface area contributed by atoms with Crippen LogP contribution >= 0.6 is 0 Å². The summed E-state index contributed by atoms with van der Waals surface area (Å²) in [5.41, 5.74) is 0. The predicted octanol–water partition coefficient (Wildman–Crippen LogP) is 0.684. The highest BCUT2D eigenvalue weighted by Crippen LogP contribution is 2.36. The van der Waals surface area contributed by atoms with Crippen molar-refractivity contribution in [3.05, 3.63) is 11.6 Å². The third-order valence-electron chi connectivity index (χ3n) is 5.67. The molecular weight excluding hydrogens is 278 g/mol. The zero-order valence-electron chi connectivity index (χ0n) is 12.9. The molecule has 1 aromatic rings. The van der Waals surface area contributed by atoms with Crippen LogP contribution in [0.3, 0.4) is 0 Å². The first kappa shape index (κ1) is 13.0. The molecule has 1 aromatic heterocycles. The van der Waals surface area contributed by atoms with Gasteiger partial charge in [-0.1, -0.05) is 0 Å². The van der Waals surface area contributed by atoms with E-state index < -0.39 is 0 Å². The van der Waals surface area contributed by atoms with Gasteiger partial charge in [0.25, 0.3) is 5.91 Å². The number of hydrogen-bond acceptors (Lipinski definition) is 4. The van der Waals surface area contributed by atoms with Crippen LogP contribution < -0.4 is 5.32 Å². The van der Waals surface area contributed by atoms with Crippen molar-refractivity contribution < 1.29 is 4.79 Å². The Balaban J connectivity index is 1.31. The minimum atomic E-state index is -0.0347. The maximum atomic E-state index is 12.3. The lowest BCUT2D eigenvalue weighted by molar-refractivity contribution is 0.0932. The largest absolute Gasteiger partial charge is 0.347 e. The van der Waals surface area contributed by atoms with E-state index in [1.54, 1.807) is 0 Å². The molecule has 2 atom stereocenters. The molecule has 6 heteroatoms. The number of rotatable bonds is 4. The fraction of sp³-hybridized carbons (Fsp3) is 0.812. The van der Waals surface area contributed by atoms with Gasteiger partial charge in [0.15, 0.2) is 0 Å². The van der Waals surface area contributed by atoms with Crippen molar-refractivity contribution in [3.63, 3.8) is 0 Å². The third-order valence-corrected chi connectivity index (χ3v) is 5.67. The first-order valence-electron chi connectivity index (χ1n) is 8.71. The first-order chi connectivity index (χ1) is 10.8. The van der Waals surface area contributed by atoms with Gasteiger partial charge in [-0.05, 0) is 43.4 Å². The van der Waals surface area contributed by atoms with Crippen LogP contribution in [0.15, 0.2) is 0 Å². The lowest BCUT2D eigenvalue weighted by Crippen LogP contribution is -2.33. The molecule has 3 fully saturated rings. The molecule has 0 unspecified atom stereocenters. The molecule has 3 heterocycles. The van der Waals surface area contributed by atoms with Crippen molar-refractivity contribution in [2.75, 3.05) is 19.6 Å². The van der Waals surface area contributed by atoms with Gasteiger partial charge in [0.05, 0.1) is 0 Å². The first-order valence-corrected chi connectivity index (χ1v) is 8.71. The molecule has 0 bridgehead atoms. The highest BCUT2D eigenvalue weighted by atomic mass is 16.2. The van der Waals surface area contributed by atoms with Gasteiger partial charge in [0.2, 0.25) is 5.82 Å². The maximum Gasteiger partial charge on any atom is 0.289 e. The van der Waals surface area contributed by atoms with Crippen molar-refractivity contribution in [2.45, 2.75) is 44.7 Å². The average molecular weight is 301 g/mol. The smallest absolute Gasteiger partial charge is 0.289 e. The van der Waals surface area contributed by atoms with Crippen molar-refractivity contribution in [1.82, 2.24) is 25.0 Å². The number of carbonyl (C=O) groups is 1. The normalized spacial score (nSPS) is 30.9. The molecule has 0 radical (unpaired) electrons. The van der Waals surface area contributed by atoms with Crippen LogP contribution in [0.5, 0.6) is 0 Å².